The first-order valence-electron chi connectivity index (χ1n) is 8.83. The summed E-state index contributed by atoms with van der Waals surface area (Å²) < 4.78 is 0. The van der Waals surface area contributed by atoms with Crippen molar-refractivity contribution in [3.05, 3.63) is 35.4 Å². The van der Waals surface area contributed by atoms with Gasteiger partial charge in [0.1, 0.15) is 12.1 Å². The van der Waals surface area contributed by atoms with Crippen molar-refractivity contribution in [2.24, 2.45) is 5.92 Å². The van der Waals surface area contributed by atoms with Gasteiger partial charge in [-0.1, -0.05) is 43.7 Å². The molecule has 2 aliphatic rings. The minimum Gasteiger partial charge on any atom is -0.342 e. The average molecular weight is 329 g/mol. The van der Waals surface area contributed by atoms with E-state index in [9.17, 15) is 9.59 Å². The largest absolute Gasteiger partial charge is 0.342 e. The van der Waals surface area contributed by atoms with E-state index in [2.05, 4.69) is 55.3 Å². The van der Waals surface area contributed by atoms with Crippen LogP contribution < -0.4 is 5.32 Å². The van der Waals surface area contributed by atoms with Crippen molar-refractivity contribution in [1.82, 2.24) is 15.1 Å². The van der Waals surface area contributed by atoms with Crippen LogP contribution in [0.1, 0.15) is 31.4 Å². The molecule has 0 unspecified atom stereocenters. The van der Waals surface area contributed by atoms with E-state index >= 15 is 0 Å². The molecule has 2 heterocycles. The summed E-state index contributed by atoms with van der Waals surface area (Å²) in [6, 6.07) is 7.75. The van der Waals surface area contributed by atoms with Gasteiger partial charge in [-0.05, 0) is 24.8 Å². The molecule has 1 N–H and O–H groups in total. The van der Waals surface area contributed by atoms with Crippen molar-refractivity contribution in [1.29, 1.82) is 0 Å². The zero-order valence-electron chi connectivity index (χ0n) is 14.8. The highest BCUT2D eigenvalue weighted by atomic mass is 16.2. The topological polar surface area (TPSA) is 52.6 Å². The number of piperazine rings is 2. The summed E-state index contributed by atoms with van der Waals surface area (Å²) in [6.07, 6.45) is 0.709. The summed E-state index contributed by atoms with van der Waals surface area (Å²) in [7, 11) is 0. The molecule has 130 valence electrons. The quantitative estimate of drug-likeness (QED) is 0.912. The number of aryl methyl sites for hydroxylation is 1. The second-order valence-corrected chi connectivity index (χ2v) is 7.46. The molecular formula is C19H27N3O2. The van der Waals surface area contributed by atoms with Gasteiger partial charge < -0.3 is 10.2 Å². The Kier molecular flexibility index (Phi) is 4.90. The molecule has 0 radical (unpaired) electrons. The third kappa shape index (κ3) is 3.61. The van der Waals surface area contributed by atoms with E-state index in [0.29, 0.717) is 25.4 Å². The Bertz CT molecular complexity index is 629. The van der Waals surface area contributed by atoms with Gasteiger partial charge in [-0.3, -0.25) is 14.5 Å². The predicted octanol–water partition coefficient (Wildman–Crippen LogP) is 1.55. The standard InChI is InChI=1S/C19H27N3O2/c1-13(2)9-16-19(24)22-8-7-21(12-17(22)18(23)20-16)11-15-6-4-5-14(3)10-15/h4-6,10,13,16-17H,7-9,11-12H2,1-3H3,(H,20,23)/t16-,17+/m0/s1. The van der Waals surface area contributed by atoms with Crippen LogP contribution in [0.5, 0.6) is 0 Å². The Labute approximate surface area is 144 Å². The number of amides is 2. The fourth-order valence-corrected chi connectivity index (χ4v) is 3.70. The maximum absolute atomic E-state index is 12.6. The van der Waals surface area contributed by atoms with Gasteiger partial charge in [-0.15, -0.1) is 0 Å². The SMILES string of the molecule is Cc1cccc(CN2CCN3C(=O)[C@H](CC(C)C)NC(=O)[C@H]3C2)c1. The zero-order chi connectivity index (χ0) is 17.3. The van der Waals surface area contributed by atoms with E-state index in [0.717, 1.165) is 13.1 Å². The molecule has 1 aromatic carbocycles. The number of carbonyl (C=O) groups is 2. The smallest absolute Gasteiger partial charge is 0.245 e. The van der Waals surface area contributed by atoms with E-state index < -0.39 is 0 Å². The zero-order valence-corrected chi connectivity index (χ0v) is 14.8. The molecule has 0 aromatic heterocycles. The van der Waals surface area contributed by atoms with Gasteiger partial charge >= 0.3 is 0 Å². The number of hydrogen-bond acceptors (Lipinski definition) is 3. The molecule has 2 atom stereocenters. The molecule has 3 rings (SSSR count). The van der Waals surface area contributed by atoms with Gasteiger partial charge in [0, 0.05) is 26.2 Å². The van der Waals surface area contributed by atoms with Crippen molar-refractivity contribution in [2.45, 2.75) is 45.8 Å². The number of carbonyl (C=O) groups excluding carboxylic acids is 2. The number of nitrogens with zero attached hydrogens (tertiary/aromatic N) is 2. The van der Waals surface area contributed by atoms with Crippen molar-refractivity contribution in [3.8, 4) is 0 Å². The van der Waals surface area contributed by atoms with Crippen LogP contribution in [0.2, 0.25) is 0 Å². The molecule has 5 nitrogen and oxygen atoms in total. The molecule has 0 saturated carbocycles. The lowest BCUT2D eigenvalue weighted by molar-refractivity contribution is -0.153. The van der Waals surface area contributed by atoms with Gasteiger partial charge in [0.15, 0.2) is 0 Å². The lowest BCUT2D eigenvalue weighted by atomic mass is 9.97. The summed E-state index contributed by atoms with van der Waals surface area (Å²) in [5.74, 6) is 0.469. The molecule has 2 saturated heterocycles. The molecule has 5 heteroatoms. The number of benzene rings is 1. The number of nitrogens with one attached hydrogen (secondary N) is 1. The molecule has 2 aliphatic heterocycles. The highest BCUT2D eigenvalue weighted by Gasteiger charge is 2.43. The van der Waals surface area contributed by atoms with Crippen LogP contribution in [0.15, 0.2) is 24.3 Å². The van der Waals surface area contributed by atoms with Crippen LogP contribution in [0.3, 0.4) is 0 Å². The first kappa shape index (κ1) is 17.0. The van der Waals surface area contributed by atoms with E-state index in [4.69, 9.17) is 0 Å². The van der Waals surface area contributed by atoms with Gasteiger partial charge in [0.05, 0.1) is 0 Å². The average Bonchev–Trinajstić information content (AvgIpc) is 2.52. The monoisotopic (exact) mass is 329 g/mol. The summed E-state index contributed by atoms with van der Waals surface area (Å²) in [5, 5.41) is 2.93. The Morgan fingerprint density at radius 3 is 2.75 bits per heavy atom. The van der Waals surface area contributed by atoms with E-state index in [1.54, 1.807) is 4.90 Å². The highest BCUT2D eigenvalue weighted by Crippen LogP contribution is 2.20. The lowest BCUT2D eigenvalue weighted by Gasteiger charge is -2.45. The third-order valence-corrected chi connectivity index (χ3v) is 4.86. The number of fused-ring (bicyclic) bond motifs is 1. The molecule has 2 amide bonds. The second-order valence-electron chi connectivity index (χ2n) is 7.46. The van der Waals surface area contributed by atoms with Gasteiger partial charge in [-0.25, -0.2) is 0 Å². The van der Waals surface area contributed by atoms with E-state index in [1.165, 1.54) is 11.1 Å². The maximum Gasteiger partial charge on any atom is 0.245 e. The summed E-state index contributed by atoms with van der Waals surface area (Å²) >= 11 is 0. The van der Waals surface area contributed by atoms with E-state index in [1.807, 2.05) is 0 Å². The molecule has 2 fully saturated rings. The van der Waals surface area contributed by atoms with Gasteiger partial charge in [-0.2, -0.15) is 0 Å². The van der Waals surface area contributed by atoms with Crippen molar-refractivity contribution in [2.75, 3.05) is 19.6 Å². The highest BCUT2D eigenvalue weighted by molar-refractivity contribution is 5.97. The molecule has 0 aliphatic carbocycles. The van der Waals surface area contributed by atoms with Crippen LogP contribution in [0, 0.1) is 12.8 Å². The fraction of sp³-hybridized carbons (Fsp3) is 0.579. The number of rotatable bonds is 4. The van der Waals surface area contributed by atoms with E-state index in [-0.39, 0.29) is 23.9 Å². The van der Waals surface area contributed by atoms with Crippen LogP contribution in [0.25, 0.3) is 0 Å². The minimum atomic E-state index is -0.350. The Morgan fingerprint density at radius 1 is 1.25 bits per heavy atom. The first-order chi connectivity index (χ1) is 11.4. The Balaban J connectivity index is 1.66. The fourth-order valence-electron chi connectivity index (χ4n) is 3.70. The van der Waals surface area contributed by atoms with Crippen LogP contribution in [-0.2, 0) is 16.1 Å². The predicted molar refractivity (Wildman–Crippen MR) is 93.3 cm³/mol. The van der Waals surface area contributed by atoms with Crippen LogP contribution in [-0.4, -0.2) is 53.3 Å². The Morgan fingerprint density at radius 2 is 2.04 bits per heavy atom. The van der Waals surface area contributed by atoms with Gasteiger partial charge in [0.25, 0.3) is 0 Å². The van der Waals surface area contributed by atoms with Crippen LogP contribution in [0.4, 0.5) is 0 Å². The molecule has 0 bridgehead atoms. The summed E-state index contributed by atoms with van der Waals surface area (Å²) in [5.41, 5.74) is 2.50. The molecule has 0 spiro atoms. The summed E-state index contributed by atoms with van der Waals surface area (Å²) in [4.78, 5) is 29.2. The first-order valence-corrected chi connectivity index (χ1v) is 8.83. The third-order valence-electron chi connectivity index (χ3n) is 4.86. The van der Waals surface area contributed by atoms with Crippen molar-refractivity contribution >= 4 is 11.8 Å². The Hall–Kier alpha value is -1.88. The van der Waals surface area contributed by atoms with Crippen molar-refractivity contribution < 1.29 is 9.59 Å². The summed E-state index contributed by atoms with van der Waals surface area (Å²) in [6.45, 7) is 9.12. The maximum atomic E-state index is 12.6. The van der Waals surface area contributed by atoms with Crippen molar-refractivity contribution in [3.63, 3.8) is 0 Å². The van der Waals surface area contributed by atoms with Gasteiger partial charge in [0.2, 0.25) is 11.8 Å². The second kappa shape index (κ2) is 6.93. The number of hydrogen-bond donors (Lipinski definition) is 1. The normalized spacial score (nSPS) is 24.9. The lowest BCUT2D eigenvalue weighted by Crippen LogP contribution is -2.69. The minimum absolute atomic E-state index is 0.00538. The molecule has 1 aromatic rings. The molecule has 24 heavy (non-hydrogen) atoms. The van der Waals surface area contributed by atoms with Crippen LogP contribution >= 0.6 is 0 Å². The molecular weight excluding hydrogens is 302 g/mol.